The summed E-state index contributed by atoms with van der Waals surface area (Å²) in [5.74, 6) is 0.882. The van der Waals surface area contributed by atoms with Gasteiger partial charge in [-0.1, -0.05) is 56.5 Å². The van der Waals surface area contributed by atoms with Crippen LogP contribution < -0.4 is 11.1 Å². The predicted molar refractivity (Wildman–Crippen MR) is 94.4 cm³/mol. The van der Waals surface area contributed by atoms with Gasteiger partial charge in [-0.15, -0.1) is 5.10 Å². The number of nitrogens with one attached hydrogen (secondary N) is 1. The Hall–Kier alpha value is -1.79. The fourth-order valence-corrected chi connectivity index (χ4v) is 3.43. The van der Waals surface area contributed by atoms with E-state index < -0.39 is 0 Å². The van der Waals surface area contributed by atoms with Crippen LogP contribution in [0, 0.1) is 0 Å². The Morgan fingerprint density at radius 1 is 1.25 bits per heavy atom. The molecule has 0 amide bonds. The molecule has 1 heterocycles. The van der Waals surface area contributed by atoms with Crippen LogP contribution in [0.2, 0.25) is 0 Å². The zero-order valence-corrected chi connectivity index (χ0v) is 14.4. The van der Waals surface area contributed by atoms with Gasteiger partial charge in [0.05, 0.1) is 6.04 Å². The molecule has 6 heteroatoms. The molecule has 3 unspecified atom stereocenters. The van der Waals surface area contributed by atoms with E-state index in [-0.39, 0.29) is 12.1 Å². The van der Waals surface area contributed by atoms with Gasteiger partial charge in [-0.2, -0.15) is 0 Å². The lowest BCUT2D eigenvalue weighted by molar-refractivity contribution is 0.305. The highest BCUT2D eigenvalue weighted by Crippen LogP contribution is 2.25. The number of rotatable bonds is 7. The molecule has 3 rings (SSSR count). The molecule has 0 bridgehead atoms. The van der Waals surface area contributed by atoms with Gasteiger partial charge in [0.2, 0.25) is 0 Å². The first-order valence-corrected chi connectivity index (χ1v) is 9.12. The number of aryl methyl sites for hydroxylation is 1. The van der Waals surface area contributed by atoms with Crippen LogP contribution in [0.15, 0.2) is 30.3 Å². The molecule has 3 atom stereocenters. The summed E-state index contributed by atoms with van der Waals surface area (Å²) in [6, 6.07) is 10.9. The molecule has 24 heavy (non-hydrogen) atoms. The lowest BCUT2D eigenvalue weighted by Gasteiger charge is -2.33. The Kier molecular flexibility index (Phi) is 5.93. The molecule has 6 nitrogen and oxygen atoms in total. The van der Waals surface area contributed by atoms with Gasteiger partial charge in [-0.25, -0.2) is 4.68 Å². The standard InChI is InChI=1S/C18H28N6/c1-2-3-13-24-18(21-22-23-24)17(14-9-5-4-6-10-14)20-16-12-8-7-11-15(16)19/h4-6,9-10,15-17,20H,2-3,7-8,11-13,19H2,1H3. The summed E-state index contributed by atoms with van der Waals surface area (Å²) >= 11 is 0. The predicted octanol–water partition coefficient (Wildman–Crippen LogP) is 2.42. The number of benzene rings is 1. The van der Waals surface area contributed by atoms with Gasteiger partial charge in [0.1, 0.15) is 0 Å². The van der Waals surface area contributed by atoms with E-state index in [1.54, 1.807) is 0 Å². The molecule has 0 spiro atoms. The van der Waals surface area contributed by atoms with E-state index in [9.17, 15) is 0 Å². The van der Waals surface area contributed by atoms with E-state index in [0.29, 0.717) is 6.04 Å². The van der Waals surface area contributed by atoms with Crippen molar-refractivity contribution < 1.29 is 0 Å². The monoisotopic (exact) mass is 328 g/mol. The Balaban J connectivity index is 1.86. The minimum Gasteiger partial charge on any atom is -0.326 e. The first kappa shape index (κ1) is 17.0. The number of unbranched alkanes of at least 4 members (excludes halogenated alkanes) is 1. The smallest absolute Gasteiger partial charge is 0.172 e. The second kappa shape index (κ2) is 8.35. The molecular weight excluding hydrogens is 300 g/mol. The molecule has 1 aromatic heterocycles. The third kappa shape index (κ3) is 3.99. The summed E-state index contributed by atoms with van der Waals surface area (Å²) in [7, 11) is 0. The van der Waals surface area contributed by atoms with Gasteiger partial charge >= 0.3 is 0 Å². The van der Waals surface area contributed by atoms with Crippen LogP contribution in [-0.2, 0) is 6.54 Å². The maximum Gasteiger partial charge on any atom is 0.172 e. The van der Waals surface area contributed by atoms with Gasteiger partial charge in [-0.05, 0) is 35.3 Å². The van der Waals surface area contributed by atoms with Crippen molar-refractivity contribution >= 4 is 0 Å². The van der Waals surface area contributed by atoms with Crippen molar-refractivity contribution in [3.05, 3.63) is 41.7 Å². The third-order valence-corrected chi connectivity index (χ3v) is 4.87. The van der Waals surface area contributed by atoms with Crippen LogP contribution >= 0.6 is 0 Å². The normalized spacial score (nSPS) is 22.4. The number of tetrazole rings is 1. The van der Waals surface area contributed by atoms with E-state index in [4.69, 9.17) is 5.73 Å². The largest absolute Gasteiger partial charge is 0.326 e. The molecule has 0 saturated heterocycles. The first-order valence-electron chi connectivity index (χ1n) is 9.12. The molecule has 130 valence electrons. The number of nitrogens with zero attached hydrogens (tertiary/aromatic N) is 4. The molecule has 1 fully saturated rings. The highest BCUT2D eigenvalue weighted by molar-refractivity contribution is 5.24. The fourth-order valence-electron chi connectivity index (χ4n) is 3.43. The van der Waals surface area contributed by atoms with Crippen LogP contribution in [0.3, 0.4) is 0 Å². The second-order valence-electron chi connectivity index (χ2n) is 6.68. The Morgan fingerprint density at radius 2 is 2.04 bits per heavy atom. The average molecular weight is 328 g/mol. The van der Waals surface area contributed by atoms with Crippen molar-refractivity contribution in [2.24, 2.45) is 5.73 Å². The fraction of sp³-hybridized carbons (Fsp3) is 0.611. The van der Waals surface area contributed by atoms with Crippen molar-refractivity contribution in [2.75, 3.05) is 0 Å². The Labute approximate surface area is 143 Å². The third-order valence-electron chi connectivity index (χ3n) is 4.87. The first-order chi connectivity index (χ1) is 11.8. The summed E-state index contributed by atoms with van der Waals surface area (Å²) in [6.07, 6.45) is 6.84. The molecule has 1 aromatic carbocycles. The van der Waals surface area contributed by atoms with Crippen LogP contribution in [0.5, 0.6) is 0 Å². The molecule has 1 saturated carbocycles. The Bertz CT molecular complexity index is 611. The van der Waals surface area contributed by atoms with E-state index in [2.05, 4.69) is 52.0 Å². The van der Waals surface area contributed by atoms with Crippen molar-refractivity contribution in [2.45, 2.75) is 70.1 Å². The van der Waals surface area contributed by atoms with Crippen molar-refractivity contribution in [3.8, 4) is 0 Å². The summed E-state index contributed by atoms with van der Waals surface area (Å²) in [4.78, 5) is 0. The topological polar surface area (TPSA) is 81.7 Å². The zero-order valence-electron chi connectivity index (χ0n) is 14.4. The Morgan fingerprint density at radius 3 is 2.79 bits per heavy atom. The van der Waals surface area contributed by atoms with Crippen LogP contribution in [0.25, 0.3) is 0 Å². The molecular formula is C18H28N6. The van der Waals surface area contributed by atoms with Crippen LogP contribution in [0.4, 0.5) is 0 Å². The van der Waals surface area contributed by atoms with Gasteiger partial charge in [-0.3, -0.25) is 5.32 Å². The van der Waals surface area contributed by atoms with Crippen LogP contribution in [-0.4, -0.2) is 32.3 Å². The van der Waals surface area contributed by atoms with E-state index in [1.807, 2.05) is 10.7 Å². The van der Waals surface area contributed by atoms with Crippen molar-refractivity contribution in [1.82, 2.24) is 25.5 Å². The van der Waals surface area contributed by atoms with Crippen LogP contribution in [0.1, 0.15) is 62.9 Å². The minimum atomic E-state index is -0.0211. The lowest BCUT2D eigenvalue weighted by Crippen LogP contribution is -2.48. The molecule has 1 aliphatic carbocycles. The highest BCUT2D eigenvalue weighted by Gasteiger charge is 2.28. The van der Waals surface area contributed by atoms with Crippen molar-refractivity contribution in [3.63, 3.8) is 0 Å². The SMILES string of the molecule is CCCCn1nnnc1C(NC1CCCCC1N)c1ccccc1. The highest BCUT2D eigenvalue weighted by atomic mass is 15.5. The quantitative estimate of drug-likeness (QED) is 0.816. The minimum absolute atomic E-state index is 0.0211. The van der Waals surface area contributed by atoms with E-state index in [0.717, 1.165) is 38.1 Å². The zero-order chi connectivity index (χ0) is 16.8. The molecule has 0 aliphatic heterocycles. The summed E-state index contributed by atoms with van der Waals surface area (Å²) in [5, 5.41) is 16.2. The summed E-state index contributed by atoms with van der Waals surface area (Å²) in [6.45, 7) is 3.03. The summed E-state index contributed by atoms with van der Waals surface area (Å²) in [5.41, 5.74) is 7.54. The lowest BCUT2D eigenvalue weighted by atomic mass is 9.90. The average Bonchev–Trinajstić information content (AvgIpc) is 3.08. The van der Waals surface area contributed by atoms with Crippen molar-refractivity contribution in [1.29, 1.82) is 0 Å². The number of hydrogen-bond acceptors (Lipinski definition) is 5. The molecule has 2 aromatic rings. The van der Waals surface area contributed by atoms with Gasteiger partial charge in [0.15, 0.2) is 5.82 Å². The maximum atomic E-state index is 6.36. The van der Waals surface area contributed by atoms with Gasteiger partial charge in [0, 0.05) is 18.6 Å². The second-order valence-corrected chi connectivity index (χ2v) is 6.68. The van der Waals surface area contributed by atoms with Gasteiger partial charge < -0.3 is 5.73 Å². The van der Waals surface area contributed by atoms with E-state index >= 15 is 0 Å². The maximum absolute atomic E-state index is 6.36. The number of aromatic nitrogens is 4. The molecule has 0 radical (unpaired) electrons. The molecule has 3 N–H and O–H groups in total. The summed E-state index contributed by atoms with van der Waals surface area (Å²) < 4.78 is 1.93. The van der Waals surface area contributed by atoms with E-state index in [1.165, 1.54) is 18.4 Å². The van der Waals surface area contributed by atoms with Gasteiger partial charge in [0.25, 0.3) is 0 Å². The molecule has 1 aliphatic rings. The number of nitrogens with two attached hydrogens (primary N) is 1. The number of hydrogen-bond donors (Lipinski definition) is 2.